The molecule has 0 aliphatic heterocycles. The van der Waals surface area contributed by atoms with Crippen molar-refractivity contribution < 1.29 is 0 Å². The van der Waals surface area contributed by atoms with Crippen LogP contribution in [-0.4, -0.2) is 0 Å². The van der Waals surface area contributed by atoms with E-state index in [0.29, 0.717) is 0 Å². The maximum Gasteiger partial charge on any atom is 0.145 e. The molecule has 0 aromatic heterocycles. The van der Waals surface area contributed by atoms with Crippen molar-refractivity contribution in [3.8, 4) is 12.1 Å². The molecule has 0 radical (unpaired) electrons. The highest BCUT2D eigenvalue weighted by Crippen LogP contribution is 2.24. The first kappa shape index (κ1) is 14.3. The van der Waals surface area contributed by atoms with Gasteiger partial charge >= 0.3 is 0 Å². The fourth-order valence-corrected chi connectivity index (χ4v) is 1.99. The molecule has 0 unspecified atom stereocenters. The Morgan fingerprint density at radius 1 is 1.39 bits per heavy atom. The third-order valence-electron chi connectivity index (χ3n) is 2.47. The Bertz CT molecular complexity index is 505. The highest BCUT2D eigenvalue weighted by molar-refractivity contribution is 9.10. The average molecular weight is 304 g/mol. The molecule has 1 rings (SSSR count). The minimum Gasteiger partial charge on any atom is -0.359 e. The van der Waals surface area contributed by atoms with Gasteiger partial charge in [-0.05, 0) is 46.5 Å². The minimum absolute atomic E-state index is 0.0527. The van der Waals surface area contributed by atoms with Gasteiger partial charge in [-0.1, -0.05) is 19.4 Å². The Kier molecular flexibility index (Phi) is 5.97. The molecule has 4 heteroatoms. The number of hydrogen-bond donors (Lipinski definition) is 1. The SMILES string of the molecule is CCCCc1ccc(NC=C(C#N)C#N)c(Br)c1. The van der Waals surface area contributed by atoms with Crippen LogP contribution in [0.3, 0.4) is 0 Å². The Balaban J connectivity index is 2.78. The zero-order valence-electron chi connectivity index (χ0n) is 10.2. The molecule has 0 atom stereocenters. The van der Waals surface area contributed by atoms with Crippen LogP contribution in [0.1, 0.15) is 25.3 Å². The quantitative estimate of drug-likeness (QED) is 0.832. The molecule has 1 aromatic rings. The van der Waals surface area contributed by atoms with Gasteiger partial charge in [-0.3, -0.25) is 0 Å². The zero-order valence-corrected chi connectivity index (χ0v) is 11.8. The van der Waals surface area contributed by atoms with Crippen molar-refractivity contribution in [2.24, 2.45) is 0 Å². The summed E-state index contributed by atoms with van der Waals surface area (Å²) in [6.07, 6.45) is 4.82. The van der Waals surface area contributed by atoms with E-state index in [9.17, 15) is 0 Å². The number of nitrogens with one attached hydrogen (secondary N) is 1. The van der Waals surface area contributed by atoms with Gasteiger partial charge < -0.3 is 5.32 Å². The maximum absolute atomic E-state index is 8.62. The van der Waals surface area contributed by atoms with Crippen LogP contribution < -0.4 is 5.32 Å². The van der Waals surface area contributed by atoms with E-state index in [4.69, 9.17) is 10.5 Å². The van der Waals surface area contributed by atoms with Crippen LogP contribution >= 0.6 is 15.9 Å². The number of allylic oxidation sites excluding steroid dienone is 1. The first-order chi connectivity index (χ1) is 8.71. The Labute approximate surface area is 116 Å². The van der Waals surface area contributed by atoms with Crippen molar-refractivity contribution in [3.63, 3.8) is 0 Å². The number of anilines is 1. The van der Waals surface area contributed by atoms with Gasteiger partial charge in [0.15, 0.2) is 0 Å². The highest BCUT2D eigenvalue weighted by Gasteiger charge is 2.01. The van der Waals surface area contributed by atoms with E-state index in [-0.39, 0.29) is 5.57 Å². The summed E-state index contributed by atoms with van der Waals surface area (Å²) in [4.78, 5) is 0. The van der Waals surface area contributed by atoms with E-state index in [2.05, 4.69) is 40.3 Å². The van der Waals surface area contributed by atoms with E-state index >= 15 is 0 Å². The Morgan fingerprint density at radius 2 is 2.11 bits per heavy atom. The zero-order chi connectivity index (χ0) is 13.4. The van der Waals surface area contributed by atoms with Crippen LogP contribution in [0.25, 0.3) is 0 Å². The van der Waals surface area contributed by atoms with Crippen molar-refractivity contribution in [1.29, 1.82) is 10.5 Å². The molecule has 92 valence electrons. The van der Waals surface area contributed by atoms with Crippen molar-refractivity contribution in [2.45, 2.75) is 26.2 Å². The lowest BCUT2D eigenvalue weighted by Gasteiger charge is -2.07. The molecule has 1 aromatic carbocycles. The second-order valence-corrected chi connectivity index (χ2v) is 4.70. The standard InChI is InChI=1S/C14H14BrN3/c1-2-3-4-11-5-6-14(13(15)7-11)18-10-12(8-16)9-17/h5-7,10,18H,2-4H2,1H3. The van der Waals surface area contributed by atoms with Crippen molar-refractivity contribution in [3.05, 3.63) is 40.0 Å². The molecular weight excluding hydrogens is 290 g/mol. The normalized spacial score (nSPS) is 9.11. The van der Waals surface area contributed by atoms with E-state index in [1.807, 2.05) is 6.07 Å². The van der Waals surface area contributed by atoms with Crippen LogP contribution in [0, 0.1) is 22.7 Å². The van der Waals surface area contributed by atoms with Gasteiger partial charge in [-0.2, -0.15) is 10.5 Å². The summed E-state index contributed by atoms with van der Waals surface area (Å²) in [5.74, 6) is 0. The van der Waals surface area contributed by atoms with Gasteiger partial charge in [0, 0.05) is 10.7 Å². The summed E-state index contributed by atoms with van der Waals surface area (Å²) >= 11 is 3.48. The molecular formula is C14H14BrN3. The molecule has 3 nitrogen and oxygen atoms in total. The minimum atomic E-state index is 0.0527. The molecule has 1 N–H and O–H groups in total. The lowest BCUT2D eigenvalue weighted by atomic mass is 10.1. The van der Waals surface area contributed by atoms with E-state index in [1.54, 1.807) is 12.1 Å². The summed E-state index contributed by atoms with van der Waals surface area (Å²) in [5, 5.41) is 20.2. The molecule has 0 heterocycles. The predicted octanol–water partition coefficient (Wildman–Crippen LogP) is 4.13. The van der Waals surface area contributed by atoms with Crippen LogP contribution in [-0.2, 0) is 6.42 Å². The molecule has 0 amide bonds. The van der Waals surface area contributed by atoms with Crippen molar-refractivity contribution in [2.75, 3.05) is 5.32 Å². The third kappa shape index (κ3) is 4.24. The highest BCUT2D eigenvalue weighted by atomic mass is 79.9. The lowest BCUT2D eigenvalue weighted by Crippen LogP contribution is -1.93. The van der Waals surface area contributed by atoms with Crippen LogP contribution in [0.4, 0.5) is 5.69 Å². The number of rotatable bonds is 5. The maximum atomic E-state index is 8.62. The Hall–Kier alpha value is -1.78. The molecule has 0 fully saturated rings. The number of aryl methyl sites for hydroxylation is 1. The number of nitrogens with zero attached hydrogens (tertiary/aromatic N) is 2. The van der Waals surface area contributed by atoms with E-state index < -0.39 is 0 Å². The topological polar surface area (TPSA) is 59.6 Å². The first-order valence-electron chi connectivity index (χ1n) is 5.76. The van der Waals surface area contributed by atoms with Gasteiger partial charge in [-0.25, -0.2) is 0 Å². The summed E-state index contributed by atoms with van der Waals surface area (Å²) in [7, 11) is 0. The van der Waals surface area contributed by atoms with Crippen LogP contribution in [0.2, 0.25) is 0 Å². The number of unbranched alkanes of at least 4 members (excludes halogenated alkanes) is 1. The molecule has 18 heavy (non-hydrogen) atoms. The van der Waals surface area contributed by atoms with Gasteiger partial charge in [0.1, 0.15) is 17.7 Å². The second kappa shape index (κ2) is 7.53. The summed E-state index contributed by atoms with van der Waals surface area (Å²) in [6, 6.07) is 9.66. The number of hydrogen-bond acceptors (Lipinski definition) is 3. The average Bonchev–Trinajstić information content (AvgIpc) is 2.39. The van der Waals surface area contributed by atoms with Crippen molar-refractivity contribution >= 4 is 21.6 Å². The number of halogens is 1. The summed E-state index contributed by atoms with van der Waals surface area (Å²) in [6.45, 7) is 2.17. The second-order valence-electron chi connectivity index (χ2n) is 3.84. The lowest BCUT2D eigenvalue weighted by molar-refractivity contribution is 0.795. The van der Waals surface area contributed by atoms with Gasteiger partial charge in [0.2, 0.25) is 0 Å². The van der Waals surface area contributed by atoms with E-state index in [0.717, 1.165) is 16.6 Å². The largest absolute Gasteiger partial charge is 0.359 e. The Morgan fingerprint density at radius 3 is 2.67 bits per heavy atom. The van der Waals surface area contributed by atoms with Gasteiger partial charge in [-0.15, -0.1) is 0 Å². The molecule has 0 spiro atoms. The molecule has 0 aliphatic rings. The third-order valence-corrected chi connectivity index (χ3v) is 3.12. The number of benzene rings is 1. The van der Waals surface area contributed by atoms with Gasteiger partial charge in [0.05, 0.1) is 5.69 Å². The first-order valence-corrected chi connectivity index (χ1v) is 6.56. The molecule has 0 saturated heterocycles. The van der Waals surface area contributed by atoms with Crippen LogP contribution in [0.15, 0.2) is 34.4 Å². The van der Waals surface area contributed by atoms with E-state index in [1.165, 1.54) is 24.6 Å². The molecule has 0 aliphatic carbocycles. The summed E-state index contributed by atoms with van der Waals surface area (Å²) < 4.78 is 0.933. The predicted molar refractivity (Wildman–Crippen MR) is 75.7 cm³/mol. The van der Waals surface area contributed by atoms with Gasteiger partial charge in [0.25, 0.3) is 0 Å². The summed E-state index contributed by atoms with van der Waals surface area (Å²) in [5.41, 5.74) is 2.18. The number of nitriles is 2. The fraction of sp³-hybridized carbons (Fsp3) is 0.286. The van der Waals surface area contributed by atoms with Crippen molar-refractivity contribution in [1.82, 2.24) is 0 Å². The monoisotopic (exact) mass is 303 g/mol. The van der Waals surface area contributed by atoms with Crippen LogP contribution in [0.5, 0.6) is 0 Å². The smallest absolute Gasteiger partial charge is 0.145 e. The molecule has 0 bridgehead atoms. The fourth-order valence-electron chi connectivity index (χ4n) is 1.45. The molecule has 0 saturated carbocycles.